The maximum absolute atomic E-state index is 11.6. The van der Waals surface area contributed by atoms with Crippen LogP contribution in [0.5, 0.6) is 0 Å². The first-order valence-electron chi connectivity index (χ1n) is 8.59. The number of hydrogen-bond donors (Lipinski definition) is 3. The summed E-state index contributed by atoms with van der Waals surface area (Å²) in [6.45, 7) is 3.81. The van der Waals surface area contributed by atoms with Gasteiger partial charge in [0.2, 0.25) is 0 Å². The first kappa shape index (κ1) is 19.6. The lowest BCUT2D eigenvalue weighted by Gasteiger charge is -2.21. The minimum Gasteiger partial charge on any atom is -0.480 e. The Hall–Kier alpha value is -2.73. The molecule has 2 atom stereocenters. The third kappa shape index (κ3) is 5.67. The van der Waals surface area contributed by atoms with Gasteiger partial charge in [0.1, 0.15) is 12.1 Å². The smallest absolute Gasteiger partial charge is 0.321 e. The minimum absolute atomic E-state index is 0.149. The molecule has 2 rings (SSSR count). The van der Waals surface area contributed by atoms with Gasteiger partial charge < -0.3 is 10.2 Å². The Labute approximate surface area is 152 Å². The summed E-state index contributed by atoms with van der Waals surface area (Å²) in [7, 11) is 0. The van der Waals surface area contributed by atoms with Gasteiger partial charge in [-0.05, 0) is 36.5 Å². The molecule has 0 spiro atoms. The normalized spacial score (nSPS) is 13.3. The number of hydrogen-bond acceptors (Lipinski definition) is 4. The van der Waals surface area contributed by atoms with Crippen LogP contribution >= 0.6 is 0 Å². The molecule has 0 radical (unpaired) electrons. The van der Waals surface area contributed by atoms with Crippen molar-refractivity contribution in [3.63, 3.8) is 0 Å². The van der Waals surface area contributed by atoms with Crippen LogP contribution < -0.4 is 5.32 Å². The van der Waals surface area contributed by atoms with Crippen molar-refractivity contribution in [2.24, 2.45) is 5.92 Å². The van der Waals surface area contributed by atoms with Gasteiger partial charge in [-0.15, -0.1) is 0 Å². The van der Waals surface area contributed by atoms with Gasteiger partial charge in [-0.2, -0.15) is 0 Å². The highest BCUT2D eigenvalue weighted by Gasteiger charge is 2.26. The van der Waals surface area contributed by atoms with E-state index in [4.69, 9.17) is 0 Å². The second kappa shape index (κ2) is 9.10. The van der Waals surface area contributed by atoms with E-state index < -0.39 is 24.0 Å². The monoisotopic (exact) mass is 356 g/mol. The number of carboxylic acid groups (broad SMARTS) is 2. The van der Waals surface area contributed by atoms with Crippen LogP contribution in [-0.4, -0.2) is 39.2 Å². The lowest BCUT2D eigenvalue weighted by molar-refractivity contribution is -0.142. The molecule has 1 aromatic carbocycles. The van der Waals surface area contributed by atoms with Crippen molar-refractivity contribution in [1.82, 2.24) is 10.3 Å². The average molecular weight is 356 g/mol. The summed E-state index contributed by atoms with van der Waals surface area (Å²) >= 11 is 0. The highest BCUT2D eigenvalue weighted by Crippen LogP contribution is 2.18. The summed E-state index contributed by atoms with van der Waals surface area (Å²) in [5, 5.41) is 21.6. The van der Waals surface area contributed by atoms with Crippen molar-refractivity contribution in [3.8, 4) is 11.3 Å². The summed E-state index contributed by atoms with van der Waals surface area (Å²) < 4.78 is 0. The lowest BCUT2D eigenvalue weighted by Crippen LogP contribution is -2.48. The van der Waals surface area contributed by atoms with Gasteiger partial charge in [-0.1, -0.05) is 44.2 Å². The van der Waals surface area contributed by atoms with E-state index in [0.29, 0.717) is 6.42 Å². The maximum atomic E-state index is 11.6. The molecule has 0 aliphatic rings. The fourth-order valence-electron chi connectivity index (χ4n) is 2.75. The van der Waals surface area contributed by atoms with E-state index in [1.54, 1.807) is 6.20 Å². The van der Waals surface area contributed by atoms with Crippen LogP contribution in [-0.2, 0) is 16.0 Å². The van der Waals surface area contributed by atoms with E-state index in [-0.39, 0.29) is 12.3 Å². The van der Waals surface area contributed by atoms with Gasteiger partial charge in [0.15, 0.2) is 0 Å². The molecule has 138 valence electrons. The Balaban J connectivity index is 2.09. The summed E-state index contributed by atoms with van der Waals surface area (Å²) in [6.07, 6.45) is 2.30. The average Bonchev–Trinajstić information content (AvgIpc) is 2.61. The Kier molecular flexibility index (Phi) is 6.86. The van der Waals surface area contributed by atoms with Crippen molar-refractivity contribution in [2.75, 3.05) is 0 Å². The van der Waals surface area contributed by atoms with Crippen molar-refractivity contribution >= 4 is 11.9 Å². The van der Waals surface area contributed by atoms with Crippen LogP contribution in [0.15, 0.2) is 48.7 Å². The van der Waals surface area contributed by atoms with Gasteiger partial charge in [-0.25, -0.2) is 0 Å². The highest BCUT2D eigenvalue weighted by molar-refractivity contribution is 5.77. The van der Waals surface area contributed by atoms with Gasteiger partial charge in [0.05, 0.1) is 5.69 Å². The van der Waals surface area contributed by atoms with Gasteiger partial charge in [0, 0.05) is 11.8 Å². The van der Waals surface area contributed by atoms with E-state index in [2.05, 4.69) is 10.3 Å². The summed E-state index contributed by atoms with van der Waals surface area (Å²) in [6, 6.07) is 11.3. The zero-order chi connectivity index (χ0) is 19.1. The third-order valence-electron chi connectivity index (χ3n) is 4.06. The molecule has 1 heterocycles. The van der Waals surface area contributed by atoms with Crippen molar-refractivity contribution in [2.45, 2.75) is 38.8 Å². The van der Waals surface area contributed by atoms with E-state index in [0.717, 1.165) is 16.8 Å². The molecule has 6 nitrogen and oxygen atoms in total. The Morgan fingerprint density at radius 1 is 1.00 bits per heavy atom. The zero-order valence-corrected chi connectivity index (χ0v) is 14.9. The zero-order valence-electron chi connectivity index (χ0n) is 14.9. The molecular weight excluding hydrogens is 332 g/mol. The molecule has 3 N–H and O–H groups in total. The first-order chi connectivity index (χ1) is 12.4. The maximum Gasteiger partial charge on any atom is 0.321 e. The first-order valence-corrected chi connectivity index (χ1v) is 8.59. The molecule has 0 saturated heterocycles. The van der Waals surface area contributed by atoms with E-state index in [1.165, 1.54) is 0 Å². The van der Waals surface area contributed by atoms with Crippen LogP contribution in [0, 0.1) is 5.92 Å². The highest BCUT2D eigenvalue weighted by atomic mass is 16.4. The van der Waals surface area contributed by atoms with E-state index in [1.807, 2.05) is 56.3 Å². The van der Waals surface area contributed by atoms with Gasteiger partial charge in [-0.3, -0.25) is 19.9 Å². The second-order valence-electron chi connectivity index (χ2n) is 6.69. The summed E-state index contributed by atoms with van der Waals surface area (Å²) in [4.78, 5) is 27.2. The number of carboxylic acids is 2. The third-order valence-corrected chi connectivity index (χ3v) is 4.06. The molecule has 26 heavy (non-hydrogen) atoms. The molecule has 0 aliphatic carbocycles. The SMILES string of the molecule is CC(C)C[C@H](N[C@@H](Cc1ccc(-c2ccccn2)cc1)C(=O)O)C(=O)O. The summed E-state index contributed by atoms with van der Waals surface area (Å²) in [5.41, 5.74) is 2.60. The fraction of sp³-hybridized carbons (Fsp3) is 0.350. The predicted octanol–water partition coefficient (Wildman–Crippen LogP) is 2.83. The molecule has 0 unspecified atom stereocenters. The number of nitrogens with one attached hydrogen (secondary N) is 1. The molecule has 2 aromatic rings. The predicted molar refractivity (Wildman–Crippen MR) is 98.8 cm³/mol. The van der Waals surface area contributed by atoms with E-state index >= 15 is 0 Å². The molecule has 0 saturated carbocycles. The van der Waals surface area contributed by atoms with Gasteiger partial charge in [0.25, 0.3) is 0 Å². The van der Waals surface area contributed by atoms with Crippen LogP contribution in [0.2, 0.25) is 0 Å². The molecule has 0 aliphatic heterocycles. The number of pyridine rings is 1. The number of benzene rings is 1. The largest absolute Gasteiger partial charge is 0.480 e. The number of carbonyl (C=O) groups is 2. The van der Waals surface area contributed by atoms with Crippen molar-refractivity contribution in [3.05, 3.63) is 54.2 Å². The molecule has 0 amide bonds. The van der Waals surface area contributed by atoms with Crippen LogP contribution in [0.3, 0.4) is 0 Å². The van der Waals surface area contributed by atoms with E-state index in [9.17, 15) is 19.8 Å². The molecule has 6 heteroatoms. The topological polar surface area (TPSA) is 99.5 Å². The Morgan fingerprint density at radius 3 is 2.15 bits per heavy atom. The summed E-state index contributed by atoms with van der Waals surface area (Å²) in [5.74, 6) is -1.94. The minimum atomic E-state index is -1.06. The molecule has 0 bridgehead atoms. The lowest BCUT2D eigenvalue weighted by atomic mass is 9.99. The van der Waals surface area contributed by atoms with Crippen molar-refractivity contribution in [1.29, 1.82) is 0 Å². The standard InChI is InChI=1S/C20H24N2O4/c1-13(2)11-17(19(23)24)22-18(20(25)26)12-14-6-8-15(9-7-14)16-5-3-4-10-21-16/h3-10,13,17-18,22H,11-12H2,1-2H3,(H,23,24)(H,25,26)/t17-,18-/m0/s1. The quantitative estimate of drug-likeness (QED) is 0.639. The number of nitrogens with zero attached hydrogens (tertiary/aromatic N) is 1. The number of aliphatic carboxylic acids is 2. The Bertz CT molecular complexity index is 729. The van der Waals surface area contributed by atoms with Gasteiger partial charge >= 0.3 is 11.9 Å². The molecular formula is C20H24N2O4. The fourth-order valence-corrected chi connectivity index (χ4v) is 2.75. The molecule has 0 fully saturated rings. The van der Waals surface area contributed by atoms with Crippen LogP contribution in [0.1, 0.15) is 25.8 Å². The molecule has 1 aromatic heterocycles. The number of rotatable bonds is 9. The van der Waals surface area contributed by atoms with Crippen LogP contribution in [0.4, 0.5) is 0 Å². The van der Waals surface area contributed by atoms with Crippen LogP contribution in [0.25, 0.3) is 11.3 Å². The second-order valence-corrected chi connectivity index (χ2v) is 6.69. The number of aromatic nitrogens is 1. The van der Waals surface area contributed by atoms with Crippen molar-refractivity contribution < 1.29 is 19.8 Å². The Morgan fingerprint density at radius 2 is 1.65 bits per heavy atom.